The molecule has 0 atom stereocenters. The summed E-state index contributed by atoms with van der Waals surface area (Å²) >= 11 is 0. The standard InChI is InChI=1S/C22H24N2O3/c1-2-26-17-9-7-16(8-10-17)12-14-27-22(25)24-13-11-19-18-5-3-4-6-20(18)23-21(19)15-24/h3-10,23H,2,11-15H2,1H3. The van der Waals surface area contributed by atoms with Crippen LogP contribution in [0.1, 0.15) is 23.7 Å². The van der Waals surface area contributed by atoms with Gasteiger partial charge in [0.2, 0.25) is 0 Å². The molecule has 0 saturated carbocycles. The number of para-hydroxylation sites is 1. The summed E-state index contributed by atoms with van der Waals surface area (Å²) in [6, 6.07) is 16.2. The molecule has 1 aliphatic rings. The van der Waals surface area contributed by atoms with Gasteiger partial charge in [0.25, 0.3) is 0 Å². The third-order valence-corrected chi connectivity index (χ3v) is 4.99. The molecule has 2 aromatic carbocycles. The van der Waals surface area contributed by atoms with Crippen LogP contribution in [0.25, 0.3) is 10.9 Å². The third-order valence-electron chi connectivity index (χ3n) is 4.99. The van der Waals surface area contributed by atoms with Crippen molar-refractivity contribution in [3.63, 3.8) is 0 Å². The predicted molar refractivity (Wildman–Crippen MR) is 105 cm³/mol. The van der Waals surface area contributed by atoms with E-state index in [1.165, 1.54) is 10.9 Å². The Kier molecular flexibility index (Phi) is 5.01. The van der Waals surface area contributed by atoms with Gasteiger partial charge in [0.05, 0.1) is 19.8 Å². The first kappa shape index (κ1) is 17.5. The van der Waals surface area contributed by atoms with Crippen LogP contribution < -0.4 is 4.74 Å². The maximum absolute atomic E-state index is 12.4. The first-order chi connectivity index (χ1) is 13.2. The van der Waals surface area contributed by atoms with Crippen LogP contribution in [0.4, 0.5) is 4.79 Å². The number of aromatic nitrogens is 1. The van der Waals surface area contributed by atoms with Gasteiger partial charge in [0.15, 0.2) is 0 Å². The lowest BCUT2D eigenvalue weighted by Crippen LogP contribution is -2.36. The van der Waals surface area contributed by atoms with Crippen LogP contribution in [0.3, 0.4) is 0 Å². The van der Waals surface area contributed by atoms with E-state index >= 15 is 0 Å². The Morgan fingerprint density at radius 2 is 1.96 bits per heavy atom. The zero-order valence-electron chi connectivity index (χ0n) is 15.5. The minimum absolute atomic E-state index is 0.245. The predicted octanol–water partition coefficient (Wildman–Crippen LogP) is 4.30. The maximum atomic E-state index is 12.4. The summed E-state index contributed by atoms with van der Waals surface area (Å²) in [5.74, 6) is 0.862. The number of carbonyl (C=O) groups is 1. The van der Waals surface area contributed by atoms with E-state index in [1.807, 2.05) is 37.3 Å². The molecule has 0 spiro atoms. The molecule has 140 valence electrons. The maximum Gasteiger partial charge on any atom is 0.410 e. The Morgan fingerprint density at radius 3 is 2.78 bits per heavy atom. The third kappa shape index (κ3) is 3.77. The summed E-state index contributed by atoms with van der Waals surface area (Å²) in [7, 11) is 0. The van der Waals surface area contributed by atoms with E-state index in [2.05, 4.69) is 23.2 Å². The molecule has 1 aliphatic heterocycles. The lowest BCUT2D eigenvalue weighted by atomic mass is 10.0. The quantitative estimate of drug-likeness (QED) is 0.734. The van der Waals surface area contributed by atoms with Gasteiger partial charge < -0.3 is 19.4 Å². The zero-order chi connectivity index (χ0) is 18.6. The smallest absolute Gasteiger partial charge is 0.410 e. The molecule has 0 fully saturated rings. The second-order valence-electron chi connectivity index (χ2n) is 6.74. The number of H-pyrrole nitrogens is 1. The monoisotopic (exact) mass is 364 g/mol. The van der Waals surface area contributed by atoms with Crippen molar-refractivity contribution < 1.29 is 14.3 Å². The number of carbonyl (C=O) groups excluding carboxylic acids is 1. The molecule has 1 aromatic heterocycles. The van der Waals surface area contributed by atoms with Crippen LogP contribution in [0.15, 0.2) is 48.5 Å². The minimum Gasteiger partial charge on any atom is -0.494 e. The first-order valence-corrected chi connectivity index (χ1v) is 9.46. The molecule has 5 nitrogen and oxygen atoms in total. The second kappa shape index (κ2) is 7.74. The van der Waals surface area contributed by atoms with E-state index in [1.54, 1.807) is 4.90 Å². The number of ether oxygens (including phenoxy) is 2. The molecule has 3 aromatic rings. The van der Waals surface area contributed by atoms with Gasteiger partial charge in [-0.2, -0.15) is 0 Å². The van der Waals surface area contributed by atoms with E-state index in [0.29, 0.717) is 32.7 Å². The molecule has 0 saturated heterocycles. The Hall–Kier alpha value is -2.95. The SMILES string of the molecule is CCOc1ccc(CCOC(=O)N2CCc3c([nH]c4ccccc34)C2)cc1. The molecule has 27 heavy (non-hydrogen) atoms. The molecule has 1 N–H and O–H groups in total. The number of fused-ring (bicyclic) bond motifs is 3. The van der Waals surface area contributed by atoms with Gasteiger partial charge in [0.1, 0.15) is 5.75 Å². The van der Waals surface area contributed by atoms with E-state index < -0.39 is 0 Å². The van der Waals surface area contributed by atoms with Gasteiger partial charge in [-0.1, -0.05) is 30.3 Å². The summed E-state index contributed by atoms with van der Waals surface area (Å²) in [5, 5.41) is 1.26. The highest BCUT2D eigenvalue weighted by Crippen LogP contribution is 2.27. The van der Waals surface area contributed by atoms with Crippen molar-refractivity contribution >= 4 is 17.0 Å². The summed E-state index contributed by atoms with van der Waals surface area (Å²) in [6.45, 7) is 4.27. The molecular weight excluding hydrogens is 340 g/mol. The second-order valence-corrected chi connectivity index (χ2v) is 6.74. The highest BCUT2D eigenvalue weighted by atomic mass is 16.6. The largest absolute Gasteiger partial charge is 0.494 e. The number of aromatic amines is 1. The van der Waals surface area contributed by atoms with Crippen molar-refractivity contribution in [3.05, 3.63) is 65.4 Å². The van der Waals surface area contributed by atoms with Crippen LogP contribution in [0.2, 0.25) is 0 Å². The van der Waals surface area contributed by atoms with Crippen molar-refractivity contribution in [2.45, 2.75) is 26.3 Å². The number of hydrogen-bond donors (Lipinski definition) is 1. The molecule has 0 aliphatic carbocycles. The van der Waals surface area contributed by atoms with Gasteiger partial charge in [-0.15, -0.1) is 0 Å². The highest BCUT2D eigenvalue weighted by molar-refractivity contribution is 5.85. The minimum atomic E-state index is -0.245. The molecule has 2 heterocycles. The number of nitrogens with zero attached hydrogens (tertiary/aromatic N) is 1. The molecule has 1 amide bonds. The van der Waals surface area contributed by atoms with Crippen LogP contribution in [0, 0.1) is 0 Å². The highest BCUT2D eigenvalue weighted by Gasteiger charge is 2.24. The van der Waals surface area contributed by atoms with Gasteiger partial charge in [-0.05, 0) is 42.7 Å². The number of amides is 1. The summed E-state index contributed by atoms with van der Waals surface area (Å²) in [5.41, 5.74) is 4.70. The first-order valence-electron chi connectivity index (χ1n) is 9.46. The van der Waals surface area contributed by atoms with Crippen molar-refractivity contribution in [2.75, 3.05) is 19.8 Å². The van der Waals surface area contributed by atoms with Crippen molar-refractivity contribution in [1.82, 2.24) is 9.88 Å². The summed E-state index contributed by atoms with van der Waals surface area (Å²) in [6.07, 6.45) is 1.31. The van der Waals surface area contributed by atoms with E-state index in [0.717, 1.165) is 28.9 Å². The van der Waals surface area contributed by atoms with Crippen molar-refractivity contribution in [2.24, 2.45) is 0 Å². The Balaban J connectivity index is 1.31. The topological polar surface area (TPSA) is 54.6 Å². The Morgan fingerprint density at radius 1 is 1.15 bits per heavy atom. The van der Waals surface area contributed by atoms with Crippen LogP contribution in [0.5, 0.6) is 5.75 Å². The van der Waals surface area contributed by atoms with Crippen molar-refractivity contribution in [3.8, 4) is 5.75 Å². The van der Waals surface area contributed by atoms with E-state index in [4.69, 9.17) is 9.47 Å². The molecule has 4 rings (SSSR count). The van der Waals surface area contributed by atoms with Gasteiger partial charge in [-0.3, -0.25) is 0 Å². The van der Waals surface area contributed by atoms with Gasteiger partial charge >= 0.3 is 6.09 Å². The fourth-order valence-corrected chi connectivity index (χ4v) is 3.62. The molecule has 0 unspecified atom stereocenters. The zero-order valence-corrected chi connectivity index (χ0v) is 15.5. The lowest BCUT2D eigenvalue weighted by Gasteiger charge is -2.26. The summed E-state index contributed by atoms with van der Waals surface area (Å²) in [4.78, 5) is 17.6. The van der Waals surface area contributed by atoms with Crippen LogP contribution >= 0.6 is 0 Å². The number of hydrogen-bond acceptors (Lipinski definition) is 3. The van der Waals surface area contributed by atoms with E-state index in [-0.39, 0.29) is 6.09 Å². The normalized spacial score (nSPS) is 13.4. The fraction of sp³-hybridized carbons (Fsp3) is 0.318. The number of rotatable bonds is 5. The van der Waals surface area contributed by atoms with Crippen LogP contribution in [-0.2, 0) is 24.1 Å². The van der Waals surface area contributed by atoms with Crippen molar-refractivity contribution in [1.29, 1.82) is 0 Å². The molecule has 5 heteroatoms. The lowest BCUT2D eigenvalue weighted by molar-refractivity contribution is 0.0984. The Labute approximate surface area is 158 Å². The average Bonchev–Trinajstić information content (AvgIpc) is 3.07. The van der Waals surface area contributed by atoms with E-state index in [9.17, 15) is 4.79 Å². The van der Waals surface area contributed by atoms with Crippen LogP contribution in [-0.4, -0.2) is 35.7 Å². The molecule has 0 radical (unpaired) electrons. The van der Waals surface area contributed by atoms with Gasteiger partial charge in [-0.25, -0.2) is 4.79 Å². The average molecular weight is 364 g/mol. The van der Waals surface area contributed by atoms with Gasteiger partial charge in [0, 0.05) is 29.6 Å². The number of nitrogens with one attached hydrogen (secondary N) is 1. The number of benzene rings is 2. The summed E-state index contributed by atoms with van der Waals surface area (Å²) < 4.78 is 10.9. The fourth-order valence-electron chi connectivity index (χ4n) is 3.62. The molecular formula is C22H24N2O3. The Bertz CT molecular complexity index is 930. The molecule has 0 bridgehead atoms.